The van der Waals surface area contributed by atoms with E-state index in [4.69, 9.17) is 4.42 Å². The Kier molecular flexibility index (Phi) is 4.94. The molecule has 0 N–H and O–H groups in total. The quantitative estimate of drug-likeness (QED) is 0.816. The Balaban J connectivity index is 1.70. The maximum atomic E-state index is 12.8. The normalized spacial score (nSPS) is 18.1. The molecule has 24 heavy (non-hydrogen) atoms. The Hall–Kier alpha value is -2.21. The zero-order chi connectivity index (χ0) is 17.1. The molecule has 0 spiro atoms. The predicted molar refractivity (Wildman–Crippen MR) is 91.7 cm³/mol. The van der Waals surface area contributed by atoms with Crippen molar-refractivity contribution < 1.29 is 9.21 Å². The molecular formula is C18H24N4O2. The number of nitrogens with zero attached hydrogens (tertiary/aromatic N) is 4. The number of benzene rings is 1. The van der Waals surface area contributed by atoms with Gasteiger partial charge in [0, 0.05) is 18.2 Å². The summed E-state index contributed by atoms with van der Waals surface area (Å²) in [5.74, 6) is 1.57. The van der Waals surface area contributed by atoms with Crippen molar-refractivity contribution in [2.24, 2.45) is 0 Å². The van der Waals surface area contributed by atoms with E-state index in [1.807, 2.05) is 49.1 Å². The van der Waals surface area contributed by atoms with Crippen molar-refractivity contribution in [3.05, 3.63) is 42.1 Å². The zero-order valence-electron chi connectivity index (χ0n) is 14.5. The SMILES string of the molecule is CCN(Cc1nnc(C(C)C)o1)C1CCN(c2ccccc2)C1=O. The third kappa shape index (κ3) is 3.33. The van der Waals surface area contributed by atoms with Gasteiger partial charge in [0.05, 0.1) is 12.6 Å². The standard InChI is InChI=1S/C18H24N4O2/c1-4-21(12-16-19-20-17(24-16)13(2)3)15-10-11-22(18(15)23)14-8-6-5-7-9-14/h5-9,13,15H,4,10-12H2,1-3H3. The smallest absolute Gasteiger partial charge is 0.244 e. The van der Waals surface area contributed by atoms with Gasteiger partial charge in [0.1, 0.15) is 0 Å². The minimum absolute atomic E-state index is 0.135. The van der Waals surface area contributed by atoms with Crippen molar-refractivity contribution in [2.75, 3.05) is 18.0 Å². The molecule has 3 rings (SSSR count). The first kappa shape index (κ1) is 16.6. The number of likely N-dealkylation sites (N-methyl/N-ethyl adjacent to an activating group) is 1. The van der Waals surface area contributed by atoms with E-state index < -0.39 is 0 Å². The summed E-state index contributed by atoms with van der Waals surface area (Å²) in [6.45, 7) is 8.11. The fourth-order valence-electron chi connectivity index (χ4n) is 3.05. The number of carbonyl (C=O) groups excluding carboxylic acids is 1. The predicted octanol–water partition coefficient (Wildman–Crippen LogP) is 2.82. The highest BCUT2D eigenvalue weighted by Gasteiger charge is 2.36. The number of hydrogen-bond acceptors (Lipinski definition) is 5. The molecule has 1 fully saturated rings. The second kappa shape index (κ2) is 7.13. The van der Waals surface area contributed by atoms with Crippen LogP contribution in [0.15, 0.2) is 34.7 Å². The molecule has 1 amide bonds. The highest BCUT2D eigenvalue weighted by Crippen LogP contribution is 2.25. The summed E-state index contributed by atoms with van der Waals surface area (Å²) >= 11 is 0. The first-order chi connectivity index (χ1) is 11.6. The lowest BCUT2D eigenvalue weighted by molar-refractivity contribution is -0.121. The van der Waals surface area contributed by atoms with E-state index in [-0.39, 0.29) is 17.9 Å². The summed E-state index contributed by atoms with van der Waals surface area (Å²) in [6.07, 6.45) is 0.812. The van der Waals surface area contributed by atoms with Crippen molar-refractivity contribution in [3.8, 4) is 0 Å². The molecule has 1 atom stereocenters. The van der Waals surface area contributed by atoms with E-state index in [0.29, 0.717) is 18.3 Å². The van der Waals surface area contributed by atoms with Gasteiger partial charge in [-0.1, -0.05) is 39.0 Å². The van der Waals surface area contributed by atoms with Gasteiger partial charge in [-0.05, 0) is 25.1 Å². The van der Waals surface area contributed by atoms with E-state index in [9.17, 15) is 4.79 Å². The second-order valence-corrected chi connectivity index (χ2v) is 6.38. The van der Waals surface area contributed by atoms with Gasteiger partial charge in [0.25, 0.3) is 0 Å². The maximum Gasteiger partial charge on any atom is 0.244 e. The lowest BCUT2D eigenvalue weighted by atomic mass is 10.2. The van der Waals surface area contributed by atoms with Crippen molar-refractivity contribution in [3.63, 3.8) is 0 Å². The van der Waals surface area contributed by atoms with Gasteiger partial charge in [0.15, 0.2) is 0 Å². The monoisotopic (exact) mass is 328 g/mol. The van der Waals surface area contributed by atoms with Crippen LogP contribution in [0.25, 0.3) is 0 Å². The van der Waals surface area contributed by atoms with Crippen LogP contribution in [0.5, 0.6) is 0 Å². The Bertz CT molecular complexity index is 683. The minimum atomic E-state index is -0.135. The lowest BCUT2D eigenvalue weighted by Crippen LogP contribution is -2.41. The van der Waals surface area contributed by atoms with Gasteiger partial charge in [0.2, 0.25) is 17.7 Å². The number of amides is 1. The molecule has 1 saturated heterocycles. The fourth-order valence-corrected chi connectivity index (χ4v) is 3.05. The van der Waals surface area contributed by atoms with Crippen LogP contribution in [0.2, 0.25) is 0 Å². The average Bonchev–Trinajstić information content (AvgIpc) is 3.20. The Morgan fingerprint density at radius 2 is 2.04 bits per heavy atom. The Labute approximate surface area is 142 Å². The molecule has 128 valence electrons. The van der Waals surface area contributed by atoms with E-state index in [1.54, 1.807) is 0 Å². The van der Waals surface area contributed by atoms with Gasteiger partial charge < -0.3 is 9.32 Å². The van der Waals surface area contributed by atoms with E-state index >= 15 is 0 Å². The van der Waals surface area contributed by atoms with Gasteiger partial charge in [-0.3, -0.25) is 9.69 Å². The molecule has 1 aromatic carbocycles. The number of rotatable bonds is 6. The van der Waals surface area contributed by atoms with Crippen molar-refractivity contribution in [2.45, 2.75) is 45.7 Å². The van der Waals surface area contributed by atoms with Gasteiger partial charge >= 0.3 is 0 Å². The third-order valence-corrected chi connectivity index (χ3v) is 4.41. The lowest BCUT2D eigenvalue weighted by Gasteiger charge is -2.25. The molecular weight excluding hydrogens is 304 g/mol. The summed E-state index contributed by atoms with van der Waals surface area (Å²) in [7, 11) is 0. The van der Waals surface area contributed by atoms with Crippen LogP contribution in [0, 0.1) is 0 Å². The van der Waals surface area contributed by atoms with Crippen LogP contribution >= 0.6 is 0 Å². The number of carbonyl (C=O) groups is 1. The van der Waals surface area contributed by atoms with Gasteiger partial charge in [-0.2, -0.15) is 0 Å². The molecule has 1 aliphatic heterocycles. The largest absolute Gasteiger partial charge is 0.424 e. The van der Waals surface area contributed by atoms with Crippen molar-refractivity contribution in [1.82, 2.24) is 15.1 Å². The topological polar surface area (TPSA) is 62.5 Å². The molecule has 0 saturated carbocycles. The first-order valence-electron chi connectivity index (χ1n) is 8.53. The molecule has 1 unspecified atom stereocenters. The highest BCUT2D eigenvalue weighted by molar-refractivity contribution is 5.99. The van der Waals surface area contributed by atoms with Crippen molar-refractivity contribution in [1.29, 1.82) is 0 Å². The number of para-hydroxylation sites is 1. The number of hydrogen-bond donors (Lipinski definition) is 0. The highest BCUT2D eigenvalue weighted by atomic mass is 16.4. The molecule has 0 radical (unpaired) electrons. The number of aromatic nitrogens is 2. The number of anilines is 1. The average molecular weight is 328 g/mol. The fraction of sp³-hybridized carbons (Fsp3) is 0.500. The molecule has 0 aliphatic carbocycles. The molecule has 2 heterocycles. The van der Waals surface area contributed by atoms with Crippen LogP contribution in [-0.2, 0) is 11.3 Å². The maximum absolute atomic E-state index is 12.8. The molecule has 0 bridgehead atoms. The molecule has 2 aromatic rings. The third-order valence-electron chi connectivity index (χ3n) is 4.41. The molecule has 6 nitrogen and oxygen atoms in total. The van der Waals surface area contributed by atoms with Crippen LogP contribution < -0.4 is 4.90 Å². The molecule has 1 aliphatic rings. The summed E-state index contributed by atoms with van der Waals surface area (Å²) in [6, 6.07) is 9.69. The summed E-state index contributed by atoms with van der Waals surface area (Å²) in [5, 5.41) is 8.19. The van der Waals surface area contributed by atoms with E-state index in [2.05, 4.69) is 22.0 Å². The molecule has 1 aromatic heterocycles. The summed E-state index contributed by atoms with van der Waals surface area (Å²) in [5.41, 5.74) is 0.959. The Morgan fingerprint density at radius 3 is 2.67 bits per heavy atom. The van der Waals surface area contributed by atoms with E-state index in [0.717, 1.165) is 25.2 Å². The summed E-state index contributed by atoms with van der Waals surface area (Å²) < 4.78 is 5.69. The van der Waals surface area contributed by atoms with Crippen LogP contribution in [-0.4, -0.2) is 40.1 Å². The van der Waals surface area contributed by atoms with Crippen LogP contribution in [0.1, 0.15) is 44.9 Å². The van der Waals surface area contributed by atoms with Crippen LogP contribution in [0.4, 0.5) is 5.69 Å². The van der Waals surface area contributed by atoms with Crippen LogP contribution in [0.3, 0.4) is 0 Å². The van der Waals surface area contributed by atoms with E-state index in [1.165, 1.54) is 0 Å². The first-order valence-corrected chi connectivity index (χ1v) is 8.53. The molecule has 6 heteroatoms. The second-order valence-electron chi connectivity index (χ2n) is 6.38. The summed E-state index contributed by atoms with van der Waals surface area (Å²) in [4.78, 5) is 16.8. The van der Waals surface area contributed by atoms with Gasteiger partial charge in [-0.15, -0.1) is 10.2 Å². The Morgan fingerprint density at radius 1 is 1.29 bits per heavy atom. The zero-order valence-corrected chi connectivity index (χ0v) is 14.5. The minimum Gasteiger partial charge on any atom is -0.424 e. The van der Waals surface area contributed by atoms with Crippen molar-refractivity contribution >= 4 is 11.6 Å². The van der Waals surface area contributed by atoms with Gasteiger partial charge in [-0.25, -0.2) is 0 Å².